The third-order valence-electron chi connectivity index (χ3n) is 3.30. The molecule has 0 radical (unpaired) electrons. The highest BCUT2D eigenvalue weighted by Gasteiger charge is 2.28. The van der Waals surface area contributed by atoms with Crippen LogP contribution in [0, 0.1) is 0 Å². The molecule has 1 saturated heterocycles. The van der Waals surface area contributed by atoms with Crippen LogP contribution in [0.5, 0.6) is 0 Å². The molecule has 18 heavy (non-hydrogen) atoms. The zero-order chi connectivity index (χ0) is 13.2. The van der Waals surface area contributed by atoms with Crippen LogP contribution in [-0.2, 0) is 11.8 Å². The number of aliphatic hydroxyl groups is 1. The predicted molar refractivity (Wildman–Crippen MR) is 68.7 cm³/mol. The van der Waals surface area contributed by atoms with Gasteiger partial charge in [-0.15, -0.1) is 0 Å². The molecule has 0 bridgehead atoms. The van der Waals surface area contributed by atoms with Crippen LogP contribution in [0.1, 0.15) is 25.3 Å². The number of aromatic nitrogens is 2. The number of hydrogen-bond donors (Lipinski definition) is 1. The van der Waals surface area contributed by atoms with Crippen LogP contribution in [0.4, 0.5) is 0 Å². The van der Waals surface area contributed by atoms with Gasteiger partial charge in [-0.1, -0.05) is 0 Å². The summed E-state index contributed by atoms with van der Waals surface area (Å²) in [6, 6.07) is 0. The maximum absolute atomic E-state index is 11.9. The van der Waals surface area contributed by atoms with Crippen LogP contribution in [-0.4, -0.2) is 44.4 Å². The SMILES string of the molecule is Cn1cc(/C=C/C(=O)N2CCC(C)(O)CC2)cn1. The van der Waals surface area contributed by atoms with Crippen LogP contribution < -0.4 is 0 Å². The Morgan fingerprint density at radius 2 is 2.17 bits per heavy atom. The molecule has 2 heterocycles. The number of carbonyl (C=O) groups is 1. The van der Waals surface area contributed by atoms with Gasteiger partial charge in [0.15, 0.2) is 0 Å². The zero-order valence-corrected chi connectivity index (χ0v) is 10.8. The number of nitrogens with zero attached hydrogens (tertiary/aromatic N) is 3. The first-order chi connectivity index (χ1) is 8.46. The molecule has 1 N–H and O–H groups in total. The van der Waals surface area contributed by atoms with Crippen LogP contribution in [0.2, 0.25) is 0 Å². The van der Waals surface area contributed by atoms with Crippen molar-refractivity contribution in [3.63, 3.8) is 0 Å². The summed E-state index contributed by atoms with van der Waals surface area (Å²) in [7, 11) is 1.84. The minimum absolute atomic E-state index is 0.00523. The molecule has 1 aromatic rings. The van der Waals surface area contributed by atoms with Crippen LogP contribution in [0.25, 0.3) is 6.08 Å². The van der Waals surface area contributed by atoms with Gasteiger partial charge in [-0.05, 0) is 25.8 Å². The molecule has 1 amide bonds. The highest BCUT2D eigenvalue weighted by atomic mass is 16.3. The van der Waals surface area contributed by atoms with E-state index in [1.54, 1.807) is 27.9 Å². The Balaban J connectivity index is 1.91. The molecule has 0 saturated carbocycles. The fourth-order valence-electron chi connectivity index (χ4n) is 2.01. The highest BCUT2D eigenvalue weighted by Crippen LogP contribution is 2.21. The Morgan fingerprint density at radius 1 is 1.50 bits per heavy atom. The summed E-state index contributed by atoms with van der Waals surface area (Å²) in [4.78, 5) is 13.7. The summed E-state index contributed by atoms with van der Waals surface area (Å²) < 4.78 is 1.70. The lowest BCUT2D eigenvalue weighted by molar-refractivity contribution is -0.129. The summed E-state index contributed by atoms with van der Waals surface area (Å²) in [6.07, 6.45) is 8.17. The molecule has 0 aliphatic carbocycles. The molecule has 2 rings (SSSR count). The van der Waals surface area contributed by atoms with Gasteiger partial charge in [0.05, 0.1) is 11.8 Å². The topological polar surface area (TPSA) is 58.4 Å². The van der Waals surface area contributed by atoms with Gasteiger partial charge in [-0.2, -0.15) is 5.10 Å². The number of aryl methyl sites for hydroxylation is 1. The van der Waals surface area contributed by atoms with Crippen molar-refractivity contribution in [2.45, 2.75) is 25.4 Å². The van der Waals surface area contributed by atoms with Crippen molar-refractivity contribution in [1.29, 1.82) is 0 Å². The van der Waals surface area contributed by atoms with E-state index in [2.05, 4.69) is 5.10 Å². The van der Waals surface area contributed by atoms with Gasteiger partial charge in [-0.25, -0.2) is 0 Å². The predicted octanol–water partition coefficient (Wildman–Crippen LogP) is 0.807. The number of piperidine rings is 1. The van der Waals surface area contributed by atoms with E-state index in [4.69, 9.17) is 0 Å². The molecular weight excluding hydrogens is 230 g/mol. The molecule has 5 heteroatoms. The number of hydrogen-bond acceptors (Lipinski definition) is 3. The monoisotopic (exact) mass is 249 g/mol. The summed E-state index contributed by atoms with van der Waals surface area (Å²) in [5, 5.41) is 13.9. The number of amides is 1. The molecule has 0 atom stereocenters. The summed E-state index contributed by atoms with van der Waals surface area (Å²) >= 11 is 0. The van der Waals surface area contributed by atoms with Crippen molar-refractivity contribution in [3.8, 4) is 0 Å². The minimum Gasteiger partial charge on any atom is -0.390 e. The van der Waals surface area contributed by atoms with Gasteiger partial charge in [0.1, 0.15) is 0 Å². The number of carbonyl (C=O) groups excluding carboxylic acids is 1. The van der Waals surface area contributed by atoms with Crippen molar-refractivity contribution in [2.75, 3.05) is 13.1 Å². The second kappa shape index (κ2) is 4.94. The smallest absolute Gasteiger partial charge is 0.246 e. The Bertz CT molecular complexity index is 453. The summed E-state index contributed by atoms with van der Waals surface area (Å²) in [6.45, 7) is 3.05. The Hall–Kier alpha value is -1.62. The van der Waals surface area contributed by atoms with E-state index in [-0.39, 0.29) is 5.91 Å². The van der Waals surface area contributed by atoms with Gasteiger partial charge >= 0.3 is 0 Å². The lowest BCUT2D eigenvalue weighted by Gasteiger charge is -2.35. The van der Waals surface area contributed by atoms with E-state index in [9.17, 15) is 9.90 Å². The van der Waals surface area contributed by atoms with Crippen LogP contribution in [0.3, 0.4) is 0 Å². The van der Waals surface area contributed by atoms with Gasteiger partial charge in [0.2, 0.25) is 5.91 Å². The summed E-state index contributed by atoms with van der Waals surface area (Å²) in [5.41, 5.74) is 0.291. The van der Waals surface area contributed by atoms with E-state index in [1.807, 2.05) is 20.2 Å². The largest absolute Gasteiger partial charge is 0.390 e. The lowest BCUT2D eigenvalue weighted by Crippen LogP contribution is -2.44. The molecular formula is C13H19N3O2. The van der Waals surface area contributed by atoms with Crippen LogP contribution in [0.15, 0.2) is 18.5 Å². The van der Waals surface area contributed by atoms with E-state index in [0.717, 1.165) is 5.56 Å². The van der Waals surface area contributed by atoms with Gasteiger partial charge < -0.3 is 10.0 Å². The molecule has 98 valence electrons. The Kier molecular flexibility index (Phi) is 3.52. The molecule has 5 nitrogen and oxygen atoms in total. The fraction of sp³-hybridized carbons (Fsp3) is 0.538. The number of likely N-dealkylation sites (tertiary alicyclic amines) is 1. The third kappa shape index (κ3) is 3.20. The average Bonchev–Trinajstić information content (AvgIpc) is 2.72. The van der Waals surface area contributed by atoms with Gasteiger partial charge in [0, 0.05) is 38.0 Å². The van der Waals surface area contributed by atoms with E-state index in [1.165, 1.54) is 0 Å². The Labute approximate surface area is 107 Å². The first-order valence-corrected chi connectivity index (χ1v) is 6.14. The third-order valence-corrected chi connectivity index (χ3v) is 3.30. The van der Waals surface area contributed by atoms with Gasteiger partial charge in [-0.3, -0.25) is 9.48 Å². The van der Waals surface area contributed by atoms with E-state index in [0.29, 0.717) is 25.9 Å². The van der Waals surface area contributed by atoms with E-state index >= 15 is 0 Å². The average molecular weight is 249 g/mol. The molecule has 0 aromatic carbocycles. The highest BCUT2D eigenvalue weighted by molar-refractivity contribution is 5.91. The Morgan fingerprint density at radius 3 is 2.72 bits per heavy atom. The second-order valence-corrected chi connectivity index (χ2v) is 5.10. The van der Waals surface area contributed by atoms with Crippen molar-refractivity contribution < 1.29 is 9.90 Å². The molecule has 0 unspecified atom stereocenters. The minimum atomic E-state index is -0.621. The van der Waals surface area contributed by atoms with Gasteiger partial charge in [0.25, 0.3) is 0 Å². The molecule has 0 spiro atoms. The lowest BCUT2D eigenvalue weighted by atomic mass is 9.94. The van der Waals surface area contributed by atoms with Crippen molar-refractivity contribution in [1.82, 2.24) is 14.7 Å². The van der Waals surface area contributed by atoms with Crippen molar-refractivity contribution in [3.05, 3.63) is 24.0 Å². The standard InChI is InChI=1S/C13H19N3O2/c1-13(18)5-7-16(8-6-13)12(17)4-3-11-9-14-15(2)10-11/h3-4,9-10,18H,5-8H2,1-2H3/b4-3+. The van der Waals surface area contributed by atoms with Crippen molar-refractivity contribution in [2.24, 2.45) is 7.05 Å². The summed E-state index contributed by atoms with van der Waals surface area (Å²) in [5.74, 6) is -0.00523. The molecule has 1 aliphatic rings. The fourth-order valence-corrected chi connectivity index (χ4v) is 2.01. The maximum Gasteiger partial charge on any atom is 0.246 e. The van der Waals surface area contributed by atoms with Crippen LogP contribution >= 0.6 is 0 Å². The zero-order valence-electron chi connectivity index (χ0n) is 10.8. The normalized spacial score (nSPS) is 19.4. The maximum atomic E-state index is 11.9. The quantitative estimate of drug-likeness (QED) is 0.789. The first kappa shape index (κ1) is 12.8. The van der Waals surface area contributed by atoms with E-state index < -0.39 is 5.60 Å². The molecule has 1 aliphatic heterocycles. The van der Waals surface area contributed by atoms with Crippen molar-refractivity contribution >= 4 is 12.0 Å². The number of rotatable bonds is 2. The molecule has 1 fully saturated rings. The second-order valence-electron chi connectivity index (χ2n) is 5.10. The molecule has 1 aromatic heterocycles. The first-order valence-electron chi connectivity index (χ1n) is 6.14.